The van der Waals surface area contributed by atoms with Crippen molar-refractivity contribution < 1.29 is 4.79 Å². The van der Waals surface area contributed by atoms with Gasteiger partial charge in [-0.2, -0.15) is 5.10 Å². The minimum absolute atomic E-state index is 0.259. The van der Waals surface area contributed by atoms with Crippen LogP contribution in [0.5, 0.6) is 0 Å². The predicted octanol–water partition coefficient (Wildman–Crippen LogP) is 1.73. The number of nitrogens with zero attached hydrogens (tertiary/aromatic N) is 5. The standard InChI is InChI=1S/C15H15N7O/c1-22-8-17-21-14(22)10-4-11(7-16-6-10)18-15(23)13-5-12(19-20-13)9-2-3-9/h4-9H,2-3H2,1H3,(H,18,23)(H,19,20). The normalized spacial score (nSPS) is 14.0. The van der Waals surface area contributed by atoms with E-state index in [-0.39, 0.29) is 5.91 Å². The van der Waals surface area contributed by atoms with E-state index in [0.29, 0.717) is 23.1 Å². The summed E-state index contributed by atoms with van der Waals surface area (Å²) in [6, 6.07) is 3.62. The maximum Gasteiger partial charge on any atom is 0.276 e. The Labute approximate surface area is 132 Å². The number of amides is 1. The van der Waals surface area contributed by atoms with Gasteiger partial charge >= 0.3 is 0 Å². The number of hydrogen-bond donors (Lipinski definition) is 2. The molecular weight excluding hydrogens is 294 g/mol. The van der Waals surface area contributed by atoms with Crippen LogP contribution in [0.4, 0.5) is 5.69 Å². The minimum Gasteiger partial charge on any atom is -0.319 e. The van der Waals surface area contributed by atoms with Crippen LogP contribution in [0.3, 0.4) is 0 Å². The number of anilines is 1. The van der Waals surface area contributed by atoms with Gasteiger partial charge in [0.1, 0.15) is 6.33 Å². The van der Waals surface area contributed by atoms with Crippen molar-refractivity contribution in [3.05, 3.63) is 42.2 Å². The van der Waals surface area contributed by atoms with Gasteiger partial charge in [0, 0.05) is 30.4 Å². The summed E-state index contributed by atoms with van der Waals surface area (Å²) in [5.74, 6) is 0.958. The van der Waals surface area contributed by atoms with Gasteiger partial charge in [0.25, 0.3) is 5.91 Å². The van der Waals surface area contributed by atoms with E-state index in [1.165, 1.54) is 0 Å². The van der Waals surface area contributed by atoms with E-state index < -0.39 is 0 Å². The summed E-state index contributed by atoms with van der Waals surface area (Å²) >= 11 is 0. The highest BCUT2D eigenvalue weighted by Gasteiger charge is 2.26. The average molecular weight is 309 g/mol. The second kappa shape index (κ2) is 5.31. The van der Waals surface area contributed by atoms with Gasteiger partial charge in [-0.05, 0) is 25.0 Å². The maximum atomic E-state index is 12.3. The molecule has 0 saturated heterocycles. The molecule has 0 bridgehead atoms. The monoisotopic (exact) mass is 309 g/mol. The molecule has 0 atom stereocenters. The molecule has 8 nitrogen and oxygen atoms in total. The van der Waals surface area contributed by atoms with Crippen LogP contribution in [0.2, 0.25) is 0 Å². The average Bonchev–Trinajstić information content (AvgIpc) is 3.11. The molecule has 3 aromatic rings. The predicted molar refractivity (Wildman–Crippen MR) is 82.7 cm³/mol. The Kier molecular flexibility index (Phi) is 3.14. The first-order chi connectivity index (χ1) is 11.2. The van der Waals surface area contributed by atoms with Crippen molar-refractivity contribution in [2.24, 2.45) is 7.05 Å². The van der Waals surface area contributed by atoms with E-state index >= 15 is 0 Å². The zero-order valence-electron chi connectivity index (χ0n) is 12.5. The Balaban J connectivity index is 1.54. The second-order valence-electron chi connectivity index (χ2n) is 5.66. The molecule has 0 radical (unpaired) electrons. The van der Waals surface area contributed by atoms with Crippen molar-refractivity contribution in [1.82, 2.24) is 29.9 Å². The summed E-state index contributed by atoms with van der Waals surface area (Å²) in [6.45, 7) is 0. The van der Waals surface area contributed by atoms with Gasteiger partial charge in [0.2, 0.25) is 0 Å². The molecule has 1 aliphatic rings. The molecule has 116 valence electrons. The molecular formula is C15H15N7O. The van der Waals surface area contributed by atoms with Gasteiger partial charge in [0.05, 0.1) is 11.9 Å². The van der Waals surface area contributed by atoms with Crippen LogP contribution in [0.1, 0.15) is 34.9 Å². The zero-order chi connectivity index (χ0) is 15.8. The fourth-order valence-corrected chi connectivity index (χ4v) is 2.43. The summed E-state index contributed by atoms with van der Waals surface area (Å²) < 4.78 is 1.79. The lowest BCUT2D eigenvalue weighted by atomic mass is 10.2. The third kappa shape index (κ3) is 2.70. The van der Waals surface area contributed by atoms with Gasteiger partial charge in [-0.3, -0.25) is 14.9 Å². The van der Waals surface area contributed by atoms with E-state index in [1.807, 2.05) is 19.2 Å². The number of aromatic amines is 1. The Hall–Kier alpha value is -3.03. The van der Waals surface area contributed by atoms with Crippen molar-refractivity contribution in [1.29, 1.82) is 0 Å². The fraction of sp³-hybridized carbons (Fsp3) is 0.267. The first-order valence-electron chi connectivity index (χ1n) is 7.37. The van der Waals surface area contributed by atoms with Gasteiger partial charge in [-0.1, -0.05) is 0 Å². The molecule has 8 heteroatoms. The van der Waals surface area contributed by atoms with Crippen molar-refractivity contribution in [2.45, 2.75) is 18.8 Å². The minimum atomic E-state index is -0.259. The third-order valence-electron chi connectivity index (χ3n) is 3.81. The number of carbonyl (C=O) groups is 1. The van der Waals surface area contributed by atoms with Crippen LogP contribution in [0, 0.1) is 0 Å². The van der Waals surface area contributed by atoms with Crippen LogP contribution < -0.4 is 5.32 Å². The van der Waals surface area contributed by atoms with Crippen LogP contribution in [0.25, 0.3) is 11.4 Å². The molecule has 3 aromatic heterocycles. The second-order valence-corrected chi connectivity index (χ2v) is 5.66. The molecule has 2 N–H and O–H groups in total. The van der Waals surface area contributed by atoms with E-state index in [2.05, 4.69) is 30.7 Å². The molecule has 23 heavy (non-hydrogen) atoms. The molecule has 0 aromatic carbocycles. The quantitative estimate of drug-likeness (QED) is 0.764. The highest BCUT2D eigenvalue weighted by atomic mass is 16.1. The van der Waals surface area contributed by atoms with E-state index in [4.69, 9.17) is 0 Å². The molecule has 0 spiro atoms. The van der Waals surface area contributed by atoms with Crippen molar-refractivity contribution in [2.75, 3.05) is 5.32 Å². The van der Waals surface area contributed by atoms with Crippen LogP contribution in [-0.4, -0.2) is 35.9 Å². The van der Waals surface area contributed by atoms with Crippen molar-refractivity contribution in [3.8, 4) is 11.4 Å². The van der Waals surface area contributed by atoms with Crippen LogP contribution >= 0.6 is 0 Å². The number of hydrogen-bond acceptors (Lipinski definition) is 5. The molecule has 1 aliphatic carbocycles. The number of nitrogens with one attached hydrogen (secondary N) is 2. The summed E-state index contributed by atoms with van der Waals surface area (Å²) in [7, 11) is 1.85. The number of pyridine rings is 1. The topological polar surface area (TPSA) is 101 Å². The van der Waals surface area contributed by atoms with Crippen molar-refractivity contribution >= 4 is 11.6 Å². The summed E-state index contributed by atoms with van der Waals surface area (Å²) in [5, 5.41) is 17.7. The lowest BCUT2D eigenvalue weighted by molar-refractivity contribution is 0.102. The number of rotatable bonds is 4. The number of aryl methyl sites for hydroxylation is 1. The Bertz CT molecular complexity index is 862. The van der Waals surface area contributed by atoms with E-state index in [1.54, 1.807) is 23.3 Å². The van der Waals surface area contributed by atoms with Crippen LogP contribution in [0.15, 0.2) is 30.9 Å². The van der Waals surface area contributed by atoms with Gasteiger partial charge in [0.15, 0.2) is 11.5 Å². The molecule has 1 fully saturated rings. The molecule has 0 unspecified atom stereocenters. The Morgan fingerprint density at radius 3 is 2.96 bits per heavy atom. The summed E-state index contributed by atoms with van der Waals surface area (Å²) in [4.78, 5) is 16.4. The summed E-state index contributed by atoms with van der Waals surface area (Å²) in [5.41, 5.74) is 2.78. The Morgan fingerprint density at radius 2 is 2.22 bits per heavy atom. The third-order valence-corrected chi connectivity index (χ3v) is 3.81. The highest BCUT2D eigenvalue weighted by Crippen LogP contribution is 2.39. The van der Waals surface area contributed by atoms with Gasteiger partial charge < -0.3 is 9.88 Å². The van der Waals surface area contributed by atoms with Crippen LogP contribution in [-0.2, 0) is 7.05 Å². The lowest BCUT2D eigenvalue weighted by Crippen LogP contribution is -2.12. The lowest BCUT2D eigenvalue weighted by Gasteiger charge is -2.05. The maximum absolute atomic E-state index is 12.3. The molecule has 4 rings (SSSR count). The van der Waals surface area contributed by atoms with E-state index in [0.717, 1.165) is 24.1 Å². The molecule has 1 amide bonds. The number of aromatic nitrogens is 6. The number of H-pyrrole nitrogens is 1. The van der Waals surface area contributed by atoms with Gasteiger partial charge in [-0.15, -0.1) is 10.2 Å². The SMILES string of the molecule is Cn1cnnc1-c1cncc(NC(=O)c2cc(C3CC3)[nH]n2)c1. The zero-order valence-corrected chi connectivity index (χ0v) is 12.5. The van der Waals surface area contributed by atoms with Gasteiger partial charge in [-0.25, -0.2) is 0 Å². The smallest absolute Gasteiger partial charge is 0.276 e. The fourth-order valence-electron chi connectivity index (χ4n) is 2.43. The molecule has 0 aliphatic heterocycles. The first-order valence-corrected chi connectivity index (χ1v) is 7.37. The summed E-state index contributed by atoms with van der Waals surface area (Å²) in [6.07, 6.45) is 7.20. The highest BCUT2D eigenvalue weighted by molar-refractivity contribution is 6.03. The van der Waals surface area contributed by atoms with E-state index in [9.17, 15) is 4.79 Å². The molecule has 3 heterocycles. The molecule has 1 saturated carbocycles. The van der Waals surface area contributed by atoms with Crippen molar-refractivity contribution in [3.63, 3.8) is 0 Å². The largest absolute Gasteiger partial charge is 0.319 e. The number of carbonyl (C=O) groups excluding carboxylic acids is 1. The first kappa shape index (κ1) is 13.6. The Morgan fingerprint density at radius 1 is 1.35 bits per heavy atom.